The number of ether oxygens (including phenoxy) is 2. The van der Waals surface area contributed by atoms with E-state index in [1.54, 1.807) is 55.9 Å². The number of rotatable bonds is 9. The number of carbonyl (C=O) groups is 2. The zero-order chi connectivity index (χ0) is 48.6. The van der Waals surface area contributed by atoms with Gasteiger partial charge in [-0.15, -0.1) is 56.7 Å². The fourth-order valence-corrected chi connectivity index (χ4v) is 15.7. The number of Topliss-reactive ketones (excluding diaryl/α,β-unsaturated/α-hetero) is 2. The molecule has 0 radical (unpaired) electrons. The number of nitrogens with zero attached hydrogens (tertiary/aromatic N) is 4. The molecule has 11 heterocycles. The van der Waals surface area contributed by atoms with Crippen molar-refractivity contribution in [3.8, 4) is 0 Å². The molecule has 0 unspecified atom stereocenters. The van der Waals surface area contributed by atoms with Gasteiger partial charge in [0.25, 0.3) is 19.1 Å². The SMILES string of the molecule is O=C1CCN(Cc2cccs2)CC1.O=C1CCNCC1.O=S(=O)(Cl)c1cccs1.O=S(=O)(c1cccs1)N1CCOC12CCN(Cc1cccs1)CC2.c1csc(CN2CCC3(CC2)NCCO3)c1. The molecule has 378 valence electrons. The molecule has 14 nitrogen and oxygen atoms in total. The molecule has 6 saturated heterocycles. The molecule has 6 aliphatic heterocycles. The number of sulfonamides is 1. The first-order valence-corrected chi connectivity index (χ1v) is 31.5. The number of hydrogen-bond acceptors (Lipinski definition) is 18. The van der Waals surface area contributed by atoms with E-state index >= 15 is 0 Å². The summed E-state index contributed by atoms with van der Waals surface area (Å²) in [4.78, 5) is 32.9. The van der Waals surface area contributed by atoms with Crippen LogP contribution < -0.4 is 10.6 Å². The van der Waals surface area contributed by atoms with E-state index in [1.165, 1.54) is 32.0 Å². The summed E-state index contributed by atoms with van der Waals surface area (Å²) >= 11 is 7.79. The van der Waals surface area contributed by atoms with Gasteiger partial charge in [0.2, 0.25) is 0 Å². The highest BCUT2D eigenvalue weighted by molar-refractivity contribution is 8.15. The van der Waals surface area contributed by atoms with Gasteiger partial charge in [-0.25, -0.2) is 16.8 Å². The first-order valence-electron chi connectivity index (χ1n) is 23.4. The van der Waals surface area contributed by atoms with E-state index in [2.05, 4.69) is 77.9 Å². The second-order valence-electron chi connectivity index (χ2n) is 17.3. The van der Waals surface area contributed by atoms with Crippen molar-refractivity contribution >= 4 is 98.0 Å². The predicted molar refractivity (Wildman–Crippen MR) is 280 cm³/mol. The Kier molecular flexibility index (Phi) is 21.0. The van der Waals surface area contributed by atoms with Crippen molar-refractivity contribution in [2.45, 2.75) is 90.9 Å². The molecule has 0 aromatic carbocycles. The number of nitrogens with one attached hydrogen (secondary N) is 2. The molecule has 2 spiro atoms. The highest BCUT2D eigenvalue weighted by Crippen LogP contribution is 2.39. The fourth-order valence-electron chi connectivity index (χ4n) is 8.81. The lowest BCUT2D eigenvalue weighted by Gasteiger charge is -2.42. The van der Waals surface area contributed by atoms with E-state index in [9.17, 15) is 26.4 Å². The summed E-state index contributed by atoms with van der Waals surface area (Å²) in [5, 5.41) is 16.4. The van der Waals surface area contributed by atoms with Gasteiger partial charge in [0, 0.05) is 162 Å². The minimum atomic E-state index is -3.47. The topological polar surface area (TPSA) is 158 Å². The van der Waals surface area contributed by atoms with E-state index in [-0.39, 0.29) is 9.93 Å². The number of carbonyl (C=O) groups excluding carboxylic acids is 2. The minimum Gasteiger partial charge on any atom is -0.359 e. The lowest BCUT2D eigenvalue weighted by Crippen LogP contribution is -2.54. The van der Waals surface area contributed by atoms with Gasteiger partial charge >= 0.3 is 0 Å². The van der Waals surface area contributed by atoms with Crippen molar-refractivity contribution < 1.29 is 35.9 Å². The number of thiophene rings is 5. The van der Waals surface area contributed by atoms with Crippen LogP contribution in [0.4, 0.5) is 0 Å². The minimum absolute atomic E-state index is 0.0198. The van der Waals surface area contributed by atoms with Crippen LogP contribution in [0.2, 0.25) is 0 Å². The third kappa shape index (κ3) is 16.6. The third-order valence-electron chi connectivity index (χ3n) is 12.6. The molecule has 0 bridgehead atoms. The lowest BCUT2D eigenvalue weighted by molar-refractivity contribution is -0.121. The molecule has 0 saturated carbocycles. The van der Waals surface area contributed by atoms with E-state index < -0.39 is 24.8 Å². The standard InChI is InChI=1S/C16H20N2O3S3.C12H18N2OS.C10H13NOS.C5H9NO.C4H3ClO2S2/c19-24(20,15-4-2-12-23-15)18-9-10-21-16(18)5-7-17(8-6-16)13-14-3-1-11-22-14;1-2-11(16-9-1)10-14-6-3-12(4-7-14)13-5-8-15-12;12-9-3-5-11(6-4-9)8-10-2-1-7-13-10;7-5-1-3-6-4-2-5;5-9(6,7)4-2-1-3-8-4/h1-4,11-12H,5-10,13H2;1-2,9,13H,3-8,10H2;1-2,7H,3-6,8H2;6H,1-4H2;1-3H. The maximum atomic E-state index is 13.0. The Morgan fingerprint density at radius 2 is 1.00 bits per heavy atom. The van der Waals surface area contributed by atoms with Gasteiger partial charge in [0.05, 0.1) is 13.2 Å². The number of hydrogen-bond donors (Lipinski definition) is 2. The van der Waals surface area contributed by atoms with Gasteiger partial charge in [0.15, 0.2) is 0 Å². The maximum Gasteiger partial charge on any atom is 0.270 e. The van der Waals surface area contributed by atoms with Crippen molar-refractivity contribution in [3.05, 3.63) is 102 Å². The lowest BCUT2D eigenvalue weighted by atomic mass is 10.0. The first kappa shape index (κ1) is 54.5. The van der Waals surface area contributed by atoms with Crippen molar-refractivity contribution in [2.24, 2.45) is 0 Å². The zero-order valence-corrected chi connectivity index (χ0v) is 45.2. The van der Waals surface area contributed by atoms with Crippen LogP contribution >= 0.6 is 67.4 Å². The summed E-state index contributed by atoms with van der Waals surface area (Å²) in [7, 11) is -1.95. The van der Waals surface area contributed by atoms with Gasteiger partial charge in [-0.3, -0.25) is 29.6 Å². The molecule has 6 aliphatic rings. The molecule has 5 aromatic rings. The second-order valence-corrected chi connectivity index (χ2v) is 27.2. The Hall–Kier alpha value is -2.29. The third-order valence-corrected chi connectivity index (χ3v) is 21.5. The van der Waals surface area contributed by atoms with Crippen LogP contribution in [0, 0.1) is 0 Å². The van der Waals surface area contributed by atoms with Crippen LogP contribution in [0.25, 0.3) is 0 Å². The van der Waals surface area contributed by atoms with E-state index in [4.69, 9.17) is 20.2 Å². The van der Waals surface area contributed by atoms with E-state index in [1.807, 2.05) is 11.3 Å². The van der Waals surface area contributed by atoms with Crippen LogP contribution in [-0.2, 0) is 57.8 Å². The Balaban J connectivity index is 0.000000136. The van der Waals surface area contributed by atoms with E-state index in [0.717, 1.165) is 148 Å². The summed E-state index contributed by atoms with van der Waals surface area (Å²) in [6.07, 6.45) is 6.65. The summed E-state index contributed by atoms with van der Waals surface area (Å²) in [6, 6.07) is 19.4. The van der Waals surface area contributed by atoms with Gasteiger partial charge in [0.1, 0.15) is 31.4 Å². The number of halogens is 1. The summed E-state index contributed by atoms with van der Waals surface area (Å²) in [5.74, 6) is 0.821. The Labute approximate surface area is 432 Å². The molecule has 6 fully saturated rings. The average molecular weight is 1100 g/mol. The fraction of sp³-hybridized carbons (Fsp3) is 0.532. The molecule has 2 N–H and O–H groups in total. The molecule has 0 aliphatic carbocycles. The summed E-state index contributed by atoms with van der Waals surface area (Å²) < 4.78 is 60.9. The molecule has 0 amide bonds. The molecule has 11 rings (SSSR count). The molecular formula is C47H63ClN6O8S7. The van der Waals surface area contributed by atoms with Gasteiger partial charge in [-0.1, -0.05) is 30.3 Å². The van der Waals surface area contributed by atoms with Crippen LogP contribution in [0.1, 0.15) is 66.0 Å². The highest BCUT2D eigenvalue weighted by Gasteiger charge is 2.50. The smallest absolute Gasteiger partial charge is 0.270 e. The average Bonchev–Trinajstić information content (AvgIpc) is 4.20. The molecule has 69 heavy (non-hydrogen) atoms. The largest absolute Gasteiger partial charge is 0.359 e. The molecule has 22 heteroatoms. The molecule has 5 aromatic heterocycles. The monoisotopic (exact) mass is 1100 g/mol. The maximum absolute atomic E-state index is 13.0. The van der Waals surface area contributed by atoms with Gasteiger partial charge < -0.3 is 14.8 Å². The van der Waals surface area contributed by atoms with Crippen molar-refractivity contribution in [1.82, 2.24) is 29.6 Å². The second kappa shape index (κ2) is 26.6. The van der Waals surface area contributed by atoms with Gasteiger partial charge in [-0.2, -0.15) is 4.31 Å². The first-order chi connectivity index (χ1) is 33.3. The van der Waals surface area contributed by atoms with Crippen molar-refractivity contribution in [2.75, 3.05) is 78.7 Å². The Morgan fingerprint density at radius 3 is 1.41 bits per heavy atom. The van der Waals surface area contributed by atoms with Crippen molar-refractivity contribution in [1.29, 1.82) is 0 Å². The number of likely N-dealkylation sites (tertiary alicyclic amines) is 3. The summed E-state index contributed by atoms with van der Waals surface area (Å²) in [6.45, 7) is 13.5. The Morgan fingerprint density at radius 1 is 0.536 bits per heavy atom. The van der Waals surface area contributed by atoms with Crippen LogP contribution in [0.5, 0.6) is 0 Å². The van der Waals surface area contributed by atoms with Gasteiger partial charge in [-0.05, 0) is 57.2 Å². The molecule has 0 atom stereocenters. The Bertz CT molecular complexity index is 2450. The number of ketones is 2. The highest BCUT2D eigenvalue weighted by atomic mass is 35.7. The van der Waals surface area contributed by atoms with Crippen molar-refractivity contribution in [3.63, 3.8) is 0 Å². The van der Waals surface area contributed by atoms with Crippen LogP contribution in [-0.4, -0.2) is 138 Å². The number of piperidine rings is 4. The zero-order valence-electron chi connectivity index (χ0n) is 38.7. The quantitative estimate of drug-likeness (QED) is 0.137. The van der Waals surface area contributed by atoms with Crippen LogP contribution in [0.3, 0.4) is 0 Å². The predicted octanol–water partition coefficient (Wildman–Crippen LogP) is 8.01. The van der Waals surface area contributed by atoms with E-state index in [0.29, 0.717) is 28.9 Å². The molecular weight excluding hydrogens is 1040 g/mol. The summed E-state index contributed by atoms with van der Waals surface area (Å²) in [5.41, 5.74) is -0.638. The normalized spacial score (nSPS) is 21.1. The van der Waals surface area contributed by atoms with Crippen LogP contribution in [0.15, 0.2) is 96.0 Å².